The molecule has 0 unspecified atom stereocenters. The van der Waals surface area contributed by atoms with Crippen LogP contribution in [0.1, 0.15) is 58.8 Å². The van der Waals surface area contributed by atoms with Crippen molar-refractivity contribution < 1.29 is 14.6 Å². The summed E-state index contributed by atoms with van der Waals surface area (Å²) in [6.07, 6.45) is 6.96. The van der Waals surface area contributed by atoms with Gasteiger partial charge in [-0.15, -0.1) is 0 Å². The minimum absolute atomic E-state index is 0.273. The Morgan fingerprint density at radius 3 is 2.68 bits per heavy atom. The van der Waals surface area contributed by atoms with Gasteiger partial charge in [-0.25, -0.2) is 4.79 Å². The van der Waals surface area contributed by atoms with E-state index in [4.69, 9.17) is 4.74 Å². The van der Waals surface area contributed by atoms with Crippen LogP contribution in [0.4, 0.5) is 0 Å². The minimum atomic E-state index is -0.880. The van der Waals surface area contributed by atoms with E-state index in [9.17, 15) is 9.90 Å². The van der Waals surface area contributed by atoms with Crippen LogP contribution in [0.25, 0.3) is 10.9 Å². The number of likely N-dealkylation sites (tertiary alicyclic amines) is 1. The predicted molar refractivity (Wildman–Crippen MR) is 119 cm³/mol. The maximum atomic E-state index is 11.3. The third-order valence-electron chi connectivity index (χ3n) is 7.17. The van der Waals surface area contributed by atoms with E-state index in [-0.39, 0.29) is 6.04 Å². The average molecular weight is 420 g/mol. The van der Waals surface area contributed by atoms with E-state index in [0.717, 1.165) is 59.1 Å². The van der Waals surface area contributed by atoms with E-state index >= 15 is 0 Å². The average Bonchev–Trinajstić information content (AvgIpc) is 3.51. The Morgan fingerprint density at radius 2 is 2.00 bits per heavy atom. The molecule has 0 bridgehead atoms. The zero-order chi connectivity index (χ0) is 21.5. The molecule has 162 valence electrons. The van der Waals surface area contributed by atoms with Crippen molar-refractivity contribution in [1.82, 2.24) is 15.1 Å². The molecule has 2 fully saturated rings. The molecule has 1 saturated heterocycles. The zero-order valence-corrected chi connectivity index (χ0v) is 18.1. The van der Waals surface area contributed by atoms with Crippen LogP contribution >= 0.6 is 0 Å². The summed E-state index contributed by atoms with van der Waals surface area (Å²) in [5.41, 5.74) is 4.89. The number of carbonyl (C=O) groups is 1. The van der Waals surface area contributed by atoms with Gasteiger partial charge in [0, 0.05) is 23.5 Å². The summed E-state index contributed by atoms with van der Waals surface area (Å²) in [6.45, 7) is 3.88. The lowest BCUT2D eigenvalue weighted by Crippen LogP contribution is -2.37. The van der Waals surface area contributed by atoms with Gasteiger partial charge in [-0.1, -0.05) is 12.1 Å². The number of fused-ring (bicyclic) bond motifs is 1. The quantitative estimate of drug-likeness (QED) is 0.592. The molecule has 2 heterocycles. The van der Waals surface area contributed by atoms with Crippen molar-refractivity contribution in [3.63, 3.8) is 0 Å². The fraction of sp³-hybridized carbons (Fsp3) is 0.440. The molecule has 2 N–H and O–H groups in total. The molecule has 6 nitrogen and oxygen atoms in total. The normalized spacial score (nSPS) is 22.0. The second-order valence-corrected chi connectivity index (χ2v) is 9.07. The number of rotatable bonds is 6. The molecule has 2 aromatic carbocycles. The van der Waals surface area contributed by atoms with Crippen molar-refractivity contribution in [2.45, 2.75) is 45.2 Å². The molecule has 2 aliphatic rings. The van der Waals surface area contributed by atoms with Gasteiger partial charge in [0.1, 0.15) is 5.75 Å². The standard InChI is InChI=1S/C25H29N3O3/c1-15-11-23(31-2)21(20-13-26-27-24(15)20)14-28-10-9-19(16-3-4-16)12-22(28)17-5-7-18(8-6-17)25(29)30/h5-8,11,13,16,19,22H,3-4,9-10,12,14H2,1-2H3,(H,26,27)(H,29,30)/t19-,22+/m1/s1. The number of carboxylic acid groups (broad SMARTS) is 1. The molecule has 0 spiro atoms. The van der Waals surface area contributed by atoms with Gasteiger partial charge in [-0.3, -0.25) is 10.00 Å². The van der Waals surface area contributed by atoms with Crippen molar-refractivity contribution in [2.24, 2.45) is 11.8 Å². The molecular formula is C25H29N3O3. The van der Waals surface area contributed by atoms with Crippen LogP contribution in [0.5, 0.6) is 5.75 Å². The number of aromatic carboxylic acids is 1. The maximum absolute atomic E-state index is 11.3. The lowest BCUT2D eigenvalue weighted by atomic mass is 9.83. The number of piperidine rings is 1. The molecule has 31 heavy (non-hydrogen) atoms. The Hall–Kier alpha value is -2.86. The summed E-state index contributed by atoms with van der Waals surface area (Å²) < 4.78 is 5.76. The molecule has 1 aromatic heterocycles. The molecule has 5 rings (SSSR count). The van der Waals surface area contributed by atoms with Gasteiger partial charge in [-0.05, 0) is 80.3 Å². The van der Waals surface area contributed by atoms with Crippen molar-refractivity contribution in [2.75, 3.05) is 13.7 Å². The molecular weight excluding hydrogens is 390 g/mol. The first kappa shape index (κ1) is 20.1. The highest BCUT2D eigenvalue weighted by Gasteiger charge is 2.38. The van der Waals surface area contributed by atoms with Crippen molar-refractivity contribution in [3.8, 4) is 5.75 Å². The third-order valence-corrected chi connectivity index (χ3v) is 7.17. The molecule has 1 saturated carbocycles. The Kier molecular flexibility index (Phi) is 5.18. The second-order valence-electron chi connectivity index (χ2n) is 9.07. The SMILES string of the molecule is COc1cc(C)c2[nH]ncc2c1CN1CC[C@@H](C2CC2)C[C@H]1c1ccc(C(=O)O)cc1. The first-order valence-corrected chi connectivity index (χ1v) is 11.1. The number of ether oxygens (including phenoxy) is 1. The van der Waals surface area contributed by atoms with Gasteiger partial charge in [0.2, 0.25) is 0 Å². The Labute approximate surface area is 182 Å². The summed E-state index contributed by atoms with van der Waals surface area (Å²) in [5, 5.41) is 17.8. The van der Waals surface area contributed by atoms with Crippen LogP contribution in [0, 0.1) is 18.8 Å². The van der Waals surface area contributed by atoms with E-state index < -0.39 is 5.97 Å². The van der Waals surface area contributed by atoms with Crippen molar-refractivity contribution in [3.05, 3.63) is 58.8 Å². The van der Waals surface area contributed by atoms with Gasteiger partial charge in [-0.2, -0.15) is 5.10 Å². The number of nitrogens with zero attached hydrogens (tertiary/aromatic N) is 2. The smallest absolute Gasteiger partial charge is 0.335 e. The van der Waals surface area contributed by atoms with Gasteiger partial charge < -0.3 is 9.84 Å². The Bertz CT molecular complexity index is 1100. The van der Waals surface area contributed by atoms with Crippen LogP contribution in [0.2, 0.25) is 0 Å². The molecule has 3 aromatic rings. The Morgan fingerprint density at radius 1 is 1.23 bits per heavy atom. The molecule has 2 atom stereocenters. The van der Waals surface area contributed by atoms with Gasteiger partial charge in [0.25, 0.3) is 0 Å². The first-order valence-electron chi connectivity index (χ1n) is 11.1. The topological polar surface area (TPSA) is 78.5 Å². The summed E-state index contributed by atoms with van der Waals surface area (Å²) in [6, 6.07) is 9.82. The predicted octanol–water partition coefficient (Wildman–Crippen LogP) is 4.94. The summed E-state index contributed by atoms with van der Waals surface area (Å²) in [4.78, 5) is 13.8. The van der Waals surface area contributed by atoms with Crippen molar-refractivity contribution in [1.29, 1.82) is 0 Å². The van der Waals surface area contributed by atoms with Crippen LogP contribution < -0.4 is 4.74 Å². The number of aromatic nitrogens is 2. The fourth-order valence-corrected chi connectivity index (χ4v) is 5.27. The van der Waals surface area contributed by atoms with Gasteiger partial charge in [0.15, 0.2) is 0 Å². The molecule has 0 amide bonds. The van der Waals surface area contributed by atoms with E-state index in [0.29, 0.717) is 5.56 Å². The number of nitrogens with one attached hydrogen (secondary N) is 1. The highest BCUT2D eigenvalue weighted by Crippen LogP contribution is 2.47. The number of hydrogen-bond acceptors (Lipinski definition) is 4. The van der Waals surface area contributed by atoms with Crippen LogP contribution in [-0.2, 0) is 6.54 Å². The van der Waals surface area contributed by atoms with E-state index in [1.165, 1.54) is 24.8 Å². The van der Waals surface area contributed by atoms with Crippen LogP contribution in [0.15, 0.2) is 36.5 Å². The molecule has 6 heteroatoms. The highest BCUT2D eigenvalue weighted by molar-refractivity contribution is 5.88. The first-order chi connectivity index (χ1) is 15.0. The third kappa shape index (κ3) is 3.81. The van der Waals surface area contributed by atoms with E-state index in [1.807, 2.05) is 18.3 Å². The molecule has 1 aliphatic carbocycles. The number of benzene rings is 2. The highest BCUT2D eigenvalue weighted by atomic mass is 16.5. The molecule has 0 radical (unpaired) electrons. The summed E-state index contributed by atoms with van der Waals surface area (Å²) >= 11 is 0. The van der Waals surface area contributed by atoms with E-state index in [1.54, 1.807) is 19.2 Å². The zero-order valence-electron chi connectivity index (χ0n) is 18.1. The number of methoxy groups -OCH3 is 1. The lowest BCUT2D eigenvalue weighted by molar-refractivity contribution is 0.0696. The van der Waals surface area contributed by atoms with Crippen LogP contribution in [0.3, 0.4) is 0 Å². The van der Waals surface area contributed by atoms with Crippen LogP contribution in [-0.4, -0.2) is 39.8 Å². The largest absolute Gasteiger partial charge is 0.496 e. The van der Waals surface area contributed by atoms with Crippen molar-refractivity contribution >= 4 is 16.9 Å². The van der Waals surface area contributed by atoms with E-state index in [2.05, 4.69) is 28.1 Å². The monoisotopic (exact) mass is 419 g/mol. The number of H-pyrrole nitrogens is 1. The fourth-order valence-electron chi connectivity index (χ4n) is 5.27. The summed E-state index contributed by atoms with van der Waals surface area (Å²) in [5.74, 6) is 1.65. The minimum Gasteiger partial charge on any atom is -0.496 e. The summed E-state index contributed by atoms with van der Waals surface area (Å²) in [7, 11) is 1.73. The number of hydrogen-bond donors (Lipinski definition) is 2. The number of carboxylic acids is 1. The molecule has 1 aliphatic heterocycles. The number of aromatic amines is 1. The Balaban J connectivity index is 1.49. The lowest BCUT2D eigenvalue weighted by Gasteiger charge is -2.40. The van der Waals surface area contributed by atoms with Gasteiger partial charge >= 0.3 is 5.97 Å². The number of aryl methyl sites for hydroxylation is 1. The van der Waals surface area contributed by atoms with Gasteiger partial charge in [0.05, 0.1) is 24.4 Å². The maximum Gasteiger partial charge on any atom is 0.335 e. The second kappa shape index (κ2) is 8.00.